The highest BCUT2D eigenvalue weighted by Crippen LogP contribution is 2.34. The van der Waals surface area contributed by atoms with Crippen LogP contribution < -0.4 is 19.5 Å². The second kappa shape index (κ2) is 6.52. The van der Waals surface area contributed by atoms with E-state index in [0.29, 0.717) is 28.7 Å². The number of hydrogen-bond donors (Lipinski definition) is 1. The Balaban J connectivity index is 1.38. The first-order chi connectivity index (χ1) is 12.3. The topological polar surface area (TPSA) is 69.7 Å². The third kappa shape index (κ3) is 3.37. The maximum Gasteiger partial charge on any atom is 0.322 e. The lowest BCUT2D eigenvalue weighted by molar-refractivity contribution is -0.131. The highest BCUT2D eigenvalue weighted by Gasteiger charge is 2.30. The van der Waals surface area contributed by atoms with E-state index in [1.807, 2.05) is 18.2 Å². The number of aromatic nitrogens is 1. The lowest BCUT2D eigenvalue weighted by Gasteiger charge is -2.11. The van der Waals surface area contributed by atoms with Crippen molar-refractivity contribution in [3.63, 3.8) is 0 Å². The zero-order valence-electron chi connectivity index (χ0n) is 13.1. The van der Waals surface area contributed by atoms with Crippen LogP contribution in [-0.4, -0.2) is 17.2 Å². The number of amides is 1. The average molecular weight is 334 g/mol. The van der Waals surface area contributed by atoms with Crippen LogP contribution in [0, 0.1) is 0 Å². The summed E-state index contributed by atoms with van der Waals surface area (Å²) in [6, 6.07) is 17.8. The quantitative estimate of drug-likeness (QED) is 0.789. The van der Waals surface area contributed by atoms with Crippen molar-refractivity contribution in [1.29, 1.82) is 0 Å². The molecule has 1 N–H and O–H groups in total. The van der Waals surface area contributed by atoms with E-state index >= 15 is 0 Å². The molecule has 1 aliphatic heterocycles. The van der Waals surface area contributed by atoms with Gasteiger partial charge in [0.2, 0.25) is 0 Å². The van der Waals surface area contributed by atoms with Gasteiger partial charge in [0.15, 0.2) is 11.5 Å². The minimum Gasteiger partial charge on any atom is -0.456 e. The van der Waals surface area contributed by atoms with Gasteiger partial charge in [-0.05, 0) is 48.5 Å². The molecule has 0 atom stereocenters. The zero-order chi connectivity index (χ0) is 17.1. The summed E-state index contributed by atoms with van der Waals surface area (Å²) in [4.78, 5) is 16.2. The van der Waals surface area contributed by atoms with Gasteiger partial charge in [0.1, 0.15) is 11.5 Å². The van der Waals surface area contributed by atoms with Gasteiger partial charge in [-0.15, -0.1) is 0 Å². The van der Waals surface area contributed by atoms with Gasteiger partial charge >= 0.3 is 12.2 Å². The summed E-state index contributed by atoms with van der Waals surface area (Å²) >= 11 is 0. The SMILES string of the molecule is O=C(Nc1ccc(Oc2cccnc2)cc1)C1Oc2ccccc2O1. The number of carbonyl (C=O) groups is 1. The molecule has 0 radical (unpaired) electrons. The molecule has 6 heteroatoms. The lowest BCUT2D eigenvalue weighted by atomic mass is 10.3. The van der Waals surface area contributed by atoms with Crippen LogP contribution in [0.5, 0.6) is 23.0 Å². The molecule has 6 nitrogen and oxygen atoms in total. The van der Waals surface area contributed by atoms with Crippen molar-refractivity contribution in [1.82, 2.24) is 4.98 Å². The van der Waals surface area contributed by atoms with Crippen molar-refractivity contribution in [3.8, 4) is 23.0 Å². The molecular formula is C19H14N2O4. The summed E-state index contributed by atoms with van der Waals surface area (Å²) in [6.45, 7) is 0. The molecule has 124 valence electrons. The van der Waals surface area contributed by atoms with Crippen molar-refractivity contribution in [2.24, 2.45) is 0 Å². The monoisotopic (exact) mass is 334 g/mol. The number of anilines is 1. The Morgan fingerprint density at radius 2 is 1.64 bits per heavy atom. The van der Waals surface area contributed by atoms with Crippen LogP contribution in [0.3, 0.4) is 0 Å². The molecule has 0 bridgehead atoms. The second-order valence-electron chi connectivity index (χ2n) is 5.32. The molecule has 0 fully saturated rings. The number of para-hydroxylation sites is 2. The molecule has 1 aromatic heterocycles. The van der Waals surface area contributed by atoms with E-state index in [1.165, 1.54) is 0 Å². The number of fused-ring (bicyclic) bond motifs is 1. The Hall–Kier alpha value is -3.54. The van der Waals surface area contributed by atoms with Gasteiger partial charge in [0.25, 0.3) is 0 Å². The van der Waals surface area contributed by atoms with Gasteiger partial charge in [-0.3, -0.25) is 9.78 Å². The largest absolute Gasteiger partial charge is 0.456 e. The van der Waals surface area contributed by atoms with Crippen LogP contribution >= 0.6 is 0 Å². The number of nitrogens with one attached hydrogen (secondary N) is 1. The molecule has 0 spiro atoms. The van der Waals surface area contributed by atoms with E-state index in [0.717, 1.165) is 0 Å². The second-order valence-corrected chi connectivity index (χ2v) is 5.32. The molecule has 0 aliphatic carbocycles. The molecule has 0 saturated carbocycles. The first-order valence-corrected chi connectivity index (χ1v) is 7.69. The minimum absolute atomic E-state index is 0.378. The highest BCUT2D eigenvalue weighted by molar-refractivity contribution is 5.94. The van der Waals surface area contributed by atoms with Crippen LogP contribution in [-0.2, 0) is 4.79 Å². The standard InChI is InChI=1S/C19H14N2O4/c22-18(19-24-16-5-1-2-6-17(16)25-19)21-13-7-9-14(10-8-13)23-15-4-3-11-20-12-15/h1-12,19H,(H,21,22). The first-order valence-electron chi connectivity index (χ1n) is 7.69. The van der Waals surface area contributed by atoms with E-state index in [9.17, 15) is 4.79 Å². The van der Waals surface area contributed by atoms with Crippen molar-refractivity contribution in [2.45, 2.75) is 6.29 Å². The molecule has 2 aromatic carbocycles. The first kappa shape index (κ1) is 15.0. The highest BCUT2D eigenvalue weighted by atomic mass is 16.7. The number of pyridine rings is 1. The Morgan fingerprint density at radius 1 is 0.920 bits per heavy atom. The van der Waals surface area contributed by atoms with Gasteiger partial charge < -0.3 is 19.5 Å². The third-order valence-corrected chi connectivity index (χ3v) is 3.52. The summed E-state index contributed by atoms with van der Waals surface area (Å²) in [5.74, 6) is 2.03. The predicted molar refractivity (Wildman–Crippen MR) is 90.9 cm³/mol. The number of hydrogen-bond acceptors (Lipinski definition) is 5. The van der Waals surface area contributed by atoms with E-state index in [-0.39, 0.29) is 5.91 Å². The van der Waals surface area contributed by atoms with Gasteiger partial charge in [0.05, 0.1) is 6.20 Å². The van der Waals surface area contributed by atoms with Crippen molar-refractivity contribution < 1.29 is 19.0 Å². The van der Waals surface area contributed by atoms with Crippen molar-refractivity contribution >= 4 is 11.6 Å². The fraction of sp³-hybridized carbons (Fsp3) is 0.0526. The summed E-state index contributed by atoms with van der Waals surface area (Å²) in [6.07, 6.45) is 2.31. The van der Waals surface area contributed by atoms with Crippen LogP contribution in [0.2, 0.25) is 0 Å². The van der Waals surface area contributed by atoms with Gasteiger partial charge in [-0.2, -0.15) is 0 Å². The number of rotatable bonds is 4. The molecular weight excluding hydrogens is 320 g/mol. The van der Waals surface area contributed by atoms with Crippen LogP contribution in [0.4, 0.5) is 5.69 Å². The number of benzene rings is 2. The summed E-state index contributed by atoms with van der Waals surface area (Å²) in [5.41, 5.74) is 0.617. The summed E-state index contributed by atoms with van der Waals surface area (Å²) in [7, 11) is 0. The minimum atomic E-state index is -0.997. The van der Waals surface area contributed by atoms with E-state index in [2.05, 4.69) is 10.3 Å². The molecule has 25 heavy (non-hydrogen) atoms. The Kier molecular flexibility index (Phi) is 3.92. The van der Waals surface area contributed by atoms with Crippen molar-refractivity contribution in [3.05, 3.63) is 73.1 Å². The predicted octanol–water partition coefficient (Wildman–Crippen LogP) is 3.61. The molecule has 1 aliphatic rings. The van der Waals surface area contributed by atoms with Crippen molar-refractivity contribution in [2.75, 3.05) is 5.32 Å². The fourth-order valence-electron chi connectivity index (χ4n) is 2.36. The normalized spacial score (nSPS) is 12.6. The molecule has 4 rings (SSSR count). The fourth-order valence-corrected chi connectivity index (χ4v) is 2.36. The molecule has 0 unspecified atom stereocenters. The molecule has 3 aromatic rings. The number of ether oxygens (including phenoxy) is 3. The van der Waals surface area contributed by atoms with E-state index in [4.69, 9.17) is 14.2 Å². The summed E-state index contributed by atoms with van der Waals surface area (Å²) in [5, 5.41) is 2.75. The maximum absolute atomic E-state index is 12.3. The van der Waals surface area contributed by atoms with E-state index < -0.39 is 6.29 Å². The molecule has 1 amide bonds. The maximum atomic E-state index is 12.3. The zero-order valence-corrected chi connectivity index (χ0v) is 13.1. The van der Waals surface area contributed by atoms with Gasteiger partial charge in [0, 0.05) is 11.9 Å². The lowest BCUT2D eigenvalue weighted by Crippen LogP contribution is -2.34. The van der Waals surface area contributed by atoms with Crippen LogP contribution in [0.25, 0.3) is 0 Å². The Morgan fingerprint density at radius 3 is 2.28 bits per heavy atom. The van der Waals surface area contributed by atoms with Crippen LogP contribution in [0.15, 0.2) is 73.1 Å². The number of nitrogens with zero attached hydrogens (tertiary/aromatic N) is 1. The molecule has 2 heterocycles. The Bertz CT molecular complexity index is 856. The Labute approximate surface area is 144 Å². The van der Waals surface area contributed by atoms with Crippen LogP contribution in [0.1, 0.15) is 0 Å². The van der Waals surface area contributed by atoms with Gasteiger partial charge in [-0.25, -0.2) is 0 Å². The smallest absolute Gasteiger partial charge is 0.322 e. The third-order valence-electron chi connectivity index (χ3n) is 3.52. The summed E-state index contributed by atoms with van der Waals surface area (Å²) < 4.78 is 16.6. The van der Waals surface area contributed by atoms with Gasteiger partial charge in [-0.1, -0.05) is 12.1 Å². The molecule has 0 saturated heterocycles. The number of carbonyl (C=O) groups excluding carboxylic acids is 1. The average Bonchev–Trinajstić information content (AvgIpc) is 3.09. The van der Waals surface area contributed by atoms with E-state index in [1.54, 1.807) is 54.9 Å².